The van der Waals surface area contributed by atoms with Crippen molar-refractivity contribution >= 4 is 7.82 Å². The van der Waals surface area contributed by atoms with E-state index < -0.39 is 7.82 Å². The lowest BCUT2D eigenvalue weighted by atomic mass is 10.2. The molecule has 1 radical (unpaired) electrons. The van der Waals surface area contributed by atoms with Crippen molar-refractivity contribution in [3.8, 4) is 11.5 Å². The molecule has 0 unspecified atom stereocenters. The highest BCUT2D eigenvalue weighted by atomic mass is 31.2. The van der Waals surface area contributed by atoms with E-state index in [1.807, 2.05) is 60.7 Å². The van der Waals surface area contributed by atoms with Gasteiger partial charge in [-0.1, -0.05) is 72.8 Å². The number of phosphoric ester groups is 1. The minimum Gasteiger partial charge on any atom is -0.493 e. The average molecular weight is 383 g/mol. The number of methoxy groups -OCH3 is 1. The van der Waals surface area contributed by atoms with E-state index in [-0.39, 0.29) is 19.0 Å². The van der Waals surface area contributed by atoms with Crippen molar-refractivity contribution in [2.75, 3.05) is 7.11 Å². The van der Waals surface area contributed by atoms with Crippen molar-refractivity contribution in [2.24, 2.45) is 0 Å². The standard InChI is InChI=1S/C21H20O5P/c1-23-20-14-8-9-15-21(20)26-27(22,24-16-18-10-4-2-5-11-18)25-17-19-12-6-3-7-13-19/h2-14H,16-17H2,1H3. The van der Waals surface area contributed by atoms with Gasteiger partial charge in [0.25, 0.3) is 0 Å². The molecule has 3 aromatic carbocycles. The predicted molar refractivity (Wildman–Crippen MR) is 103 cm³/mol. The van der Waals surface area contributed by atoms with Gasteiger partial charge in [-0.3, -0.25) is 9.05 Å². The van der Waals surface area contributed by atoms with E-state index in [9.17, 15) is 4.57 Å². The molecular weight excluding hydrogens is 363 g/mol. The number of ether oxygens (including phenoxy) is 1. The van der Waals surface area contributed by atoms with Gasteiger partial charge in [-0.25, -0.2) is 4.57 Å². The van der Waals surface area contributed by atoms with Crippen LogP contribution in [0.1, 0.15) is 11.1 Å². The van der Waals surface area contributed by atoms with Gasteiger partial charge >= 0.3 is 7.82 Å². The molecule has 0 heterocycles. The van der Waals surface area contributed by atoms with Gasteiger partial charge in [0.2, 0.25) is 0 Å². The fourth-order valence-corrected chi connectivity index (χ4v) is 3.46. The number of hydrogen-bond acceptors (Lipinski definition) is 5. The van der Waals surface area contributed by atoms with E-state index in [0.717, 1.165) is 11.1 Å². The van der Waals surface area contributed by atoms with Crippen LogP contribution in [0.25, 0.3) is 0 Å². The monoisotopic (exact) mass is 383 g/mol. The van der Waals surface area contributed by atoms with E-state index in [1.54, 1.807) is 18.2 Å². The fraction of sp³-hybridized carbons (Fsp3) is 0.143. The van der Waals surface area contributed by atoms with Crippen molar-refractivity contribution in [2.45, 2.75) is 13.2 Å². The highest BCUT2D eigenvalue weighted by Crippen LogP contribution is 2.52. The van der Waals surface area contributed by atoms with Crippen molar-refractivity contribution in [3.05, 3.63) is 96.1 Å². The van der Waals surface area contributed by atoms with Crippen LogP contribution in [0.5, 0.6) is 11.5 Å². The lowest BCUT2D eigenvalue weighted by molar-refractivity contribution is 0.142. The molecule has 0 saturated carbocycles. The third-order valence-electron chi connectivity index (χ3n) is 3.67. The highest BCUT2D eigenvalue weighted by Gasteiger charge is 2.30. The third-order valence-corrected chi connectivity index (χ3v) is 4.97. The molecule has 0 amide bonds. The molecule has 0 atom stereocenters. The van der Waals surface area contributed by atoms with Crippen LogP contribution in [-0.2, 0) is 26.8 Å². The molecule has 3 aromatic rings. The lowest BCUT2D eigenvalue weighted by Crippen LogP contribution is -2.04. The molecule has 27 heavy (non-hydrogen) atoms. The van der Waals surface area contributed by atoms with Crippen LogP contribution >= 0.6 is 7.82 Å². The van der Waals surface area contributed by atoms with Gasteiger partial charge in [0.1, 0.15) is 0 Å². The van der Waals surface area contributed by atoms with Crippen LogP contribution in [0.15, 0.2) is 78.9 Å². The zero-order chi connectivity index (χ0) is 19.0. The average Bonchev–Trinajstić information content (AvgIpc) is 2.73. The van der Waals surface area contributed by atoms with Gasteiger partial charge in [-0.2, -0.15) is 0 Å². The van der Waals surface area contributed by atoms with Crippen LogP contribution in [-0.4, -0.2) is 7.11 Å². The summed E-state index contributed by atoms with van der Waals surface area (Å²) >= 11 is 0. The molecule has 0 saturated heterocycles. The summed E-state index contributed by atoms with van der Waals surface area (Å²) in [6.45, 7) is 0.171. The Morgan fingerprint density at radius 1 is 0.815 bits per heavy atom. The first-order valence-electron chi connectivity index (χ1n) is 8.40. The normalized spacial score (nSPS) is 11.1. The van der Waals surface area contributed by atoms with E-state index >= 15 is 0 Å². The van der Waals surface area contributed by atoms with Gasteiger partial charge in [0.05, 0.1) is 20.3 Å². The first kappa shape index (κ1) is 19.2. The molecule has 0 spiro atoms. The molecule has 6 heteroatoms. The SMILES string of the molecule is COc1ccc[c]c1OP(=O)(OCc1ccccc1)OCc1ccccc1. The Morgan fingerprint density at radius 2 is 1.37 bits per heavy atom. The molecular formula is C21H20O5P. The molecule has 0 aliphatic heterocycles. The summed E-state index contributed by atoms with van der Waals surface area (Å²) in [6.07, 6.45) is 0. The summed E-state index contributed by atoms with van der Waals surface area (Å²) in [5, 5.41) is 0. The maximum atomic E-state index is 13.3. The van der Waals surface area contributed by atoms with Crippen molar-refractivity contribution in [1.29, 1.82) is 0 Å². The summed E-state index contributed by atoms with van der Waals surface area (Å²) in [5.41, 5.74) is 1.71. The Labute approximate surface area is 159 Å². The van der Waals surface area contributed by atoms with Crippen LogP contribution in [0, 0.1) is 6.07 Å². The molecule has 0 N–H and O–H groups in total. The van der Waals surface area contributed by atoms with E-state index in [0.29, 0.717) is 5.75 Å². The second-order valence-electron chi connectivity index (χ2n) is 5.62. The Morgan fingerprint density at radius 3 is 1.89 bits per heavy atom. The van der Waals surface area contributed by atoms with Gasteiger partial charge in [-0.15, -0.1) is 0 Å². The maximum Gasteiger partial charge on any atom is 0.530 e. The fourth-order valence-electron chi connectivity index (χ4n) is 2.30. The van der Waals surface area contributed by atoms with E-state index in [2.05, 4.69) is 6.07 Å². The predicted octanol–water partition coefficient (Wildman–Crippen LogP) is 5.42. The van der Waals surface area contributed by atoms with Gasteiger partial charge < -0.3 is 9.26 Å². The van der Waals surface area contributed by atoms with Crippen molar-refractivity contribution < 1.29 is 22.9 Å². The van der Waals surface area contributed by atoms with Crippen LogP contribution in [0.3, 0.4) is 0 Å². The minimum atomic E-state index is -3.92. The molecule has 0 aliphatic rings. The summed E-state index contributed by atoms with van der Waals surface area (Å²) in [6, 6.07) is 26.7. The molecule has 3 rings (SSSR count). The number of hydrogen-bond donors (Lipinski definition) is 0. The van der Waals surface area contributed by atoms with E-state index in [1.165, 1.54) is 7.11 Å². The number of rotatable bonds is 9. The van der Waals surface area contributed by atoms with Crippen LogP contribution < -0.4 is 9.26 Å². The molecule has 0 bridgehead atoms. The molecule has 139 valence electrons. The minimum absolute atomic E-state index is 0.0854. The van der Waals surface area contributed by atoms with Crippen LogP contribution in [0.4, 0.5) is 0 Å². The number of benzene rings is 3. The van der Waals surface area contributed by atoms with Gasteiger partial charge in [0.15, 0.2) is 11.5 Å². The zero-order valence-electron chi connectivity index (χ0n) is 14.9. The Bertz CT molecular complexity index is 836. The van der Waals surface area contributed by atoms with Crippen LogP contribution in [0.2, 0.25) is 0 Å². The number of para-hydroxylation sites is 1. The highest BCUT2D eigenvalue weighted by molar-refractivity contribution is 7.48. The molecule has 0 fully saturated rings. The van der Waals surface area contributed by atoms with Crippen molar-refractivity contribution in [3.63, 3.8) is 0 Å². The summed E-state index contributed by atoms with van der Waals surface area (Å²) in [7, 11) is -2.43. The summed E-state index contributed by atoms with van der Waals surface area (Å²) in [5.74, 6) is 0.564. The second kappa shape index (κ2) is 9.38. The van der Waals surface area contributed by atoms with E-state index in [4.69, 9.17) is 18.3 Å². The third kappa shape index (κ3) is 5.69. The Hall–Kier alpha value is -2.59. The molecule has 0 aliphatic carbocycles. The topological polar surface area (TPSA) is 54.0 Å². The Kier molecular flexibility index (Phi) is 6.66. The molecule has 0 aromatic heterocycles. The largest absolute Gasteiger partial charge is 0.530 e. The maximum absolute atomic E-state index is 13.3. The smallest absolute Gasteiger partial charge is 0.493 e. The van der Waals surface area contributed by atoms with Gasteiger partial charge in [-0.05, 0) is 17.2 Å². The quantitative estimate of drug-likeness (QED) is 0.462. The lowest BCUT2D eigenvalue weighted by Gasteiger charge is -2.19. The van der Waals surface area contributed by atoms with Gasteiger partial charge in [0, 0.05) is 6.07 Å². The summed E-state index contributed by atoms with van der Waals surface area (Å²) < 4.78 is 35.2. The summed E-state index contributed by atoms with van der Waals surface area (Å²) in [4.78, 5) is 0. The Balaban J connectivity index is 1.77. The molecule has 5 nitrogen and oxygen atoms in total. The first-order chi connectivity index (χ1) is 13.2. The second-order valence-corrected chi connectivity index (χ2v) is 7.22. The zero-order valence-corrected chi connectivity index (χ0v) is 15.8. The number of phosphoric acid groups is 1. The first-order valence-corrected chi connectivity index (χ1v) is 9.86. The van der Waals surface area contributed by atoms with Crippen molar-refractivity contribution in [1.82, 2.24) is 0 Å².